The molecule has 2 aliphatic rings. The van der Waals surface area contributed by atoms with Crippen LogP contribution in [-0.2, 0) is 33.9 Å². The van der Waals surface area contributed by atoms with Crippen molar-refractivity contribution in [1.82, 2.24) is 20.0 Å². The maximum atomic E-state index is 13.3. The van der Waals surface area contributed by atoms with Gasteiger partial charge in [0.05, 0.1) is 19.4 Å². The summed E-state index contributed by atoms with van der Waals surface area (Å²) in [4.78, 5) is 14.8. The number of hydrogen-bond acceptors (Lipinski definition) is 5. The van der Waals surface area contributed by atoms with E-state index in [1.54, 1.807) is 0 Å². The van der Waals surface area contributed by atoms with Crippen LogP contribution in [0.15, 0.2) is 30.6 Å². The number of carbonyl (C=O) groups excluding carboxylic acids is 1. The van der Waals surface area contributed by atoms with E-state index in [4.69, 9.17) is 9.47 Å². The van der Waals surface area contributed by atoms with Gasteiger partial charge in [0, 0.05) is 57.0 Å². The zero-order valence-electron chi connectivity index (χ0n) is 16.9. The van der Waals surface area contributed by atoms with Crippen LogP contribution in [0.1, 0.15) is 24.5 Å². The smallest absolute Gasteiger partial charge is 0.249 e. The molecule has 0 unspecified atom stereocenters. The number of carbonyl (C=O) groups is 1. The van der Waals surface area contributed by atoms with Gasteiger partial charge in [-0.2, -0.15) is 5.10 Å². The third kappa shape index (κ3) is 4.85. The summed E-state index contributed by atoms with van der Waals surface area (Å²) in [5.74, 6) is -1.65. The number of amides is 1. The maximum absolute atomic E-state index is 13.3. The predicted molar refractivity (Wildman–Crippen MR) is 104 cm³/mol. The van der Waals surface area contributed by atoms with Gasteiger partial charge in [0.25, 0.3) is 0 Å². The lowest BCUT2D eigenvalue weighted by molar-refractivity contribution is -0.130. The Morgan fingerprint density at radius 1 is 1.30 bits per heavy atom. The second kappa shape index (κ2) is 8.79. The van der Waals surface area contributed by atoms with E-state index in [0.29, 0.717) is 31.7 Å². The number of nitrogens with zero attached hydrogens (tertiary/aromatic N) is 3. The van der Waals surface area contributed by atoms with Crippen LogP contribution in [0.4, 0.5) is 8.78 Å². The monoisotopic (exact) mass is 420 g/mol. The second-order valence-electron chi connectivity index (χ2n) is 7.95. The van der Waals surface area contributed by atoms with Crippen molar-refractivity contribution >= 4 is 5.91 Å². The molecule has 2 atom stereocenters. The number of aryl methyl sites for hydroxylation is 1. The molecule has 1 spiro atoms. The van der Waals surface area contributed by atoms with E-state index in [-0.39, 0.29) is 12.5 Å². The van der Waals surface area contributed by atoms with Gasteiger partial charge in [-0.15, -0.1) is 0 Å². The molecule has 9 heteroatoms. The first-order valence-corrected chi connectivity index (χ1v) is 10.2. The summed E-state index contributed by atoms with van der Waals surface area (Å²) >= 11 is 0. The average Bonchev–Trinajstić information content (AvgIpc) is 3.33. The molecule has 3 heterocycles. The molecule has 2 aliphatic heterocycles. The Morgan fingerprint density at radius 2 is 2.10 bits per heavy atom. The summed E-state index contributed by atoms with van der Waals surface area (Å²) in [5.41, 5.74) is 0.983. The highest BCUT2D eigenvalue weighted by Gasteiger charge is 2.46. The lowest BCUT2D eigenvalue weighted by Crippen LogP contribution is -2.52. The molecule has 1 aromatic carbocycles. The number of nitrogens with one attached hydrogen (secondary N) is 1. The molecule has 1 aromatic heterocycles. The van der Waals surface area contributed by atoms with Crippen molar-refractivity contribution in [2.75, 3.05) is 26.3 Å². The van der Waals surface area contributed by atoms with Crippen molar-refractivity contribution in [1.29, 1.82) is 0 Å². The van der Waals surface area contributed by atoms with E-state index in [1.165, 1.54) is 12.1 Å². The molecule has 2 saturated heterocycles. The molecule has 4 rings (SSSR count). The normalized spacial score (nSPS) is 24.4. The Bertz CT molecular complexity index is 886. The number of halogens is 2. The summed E-state index contributed by atoms with van der Waals surface area (Å²) in [6, 6.07) is 3.20. The van der Waals surface area contributed by atoms with E-state index >= 15 is 0 Å². The molecule has 0 aliphatic carbocycles. The third-order valence-corrected chi connectivity index (χ3v) is 5.53. The lowest BCUT2D eigenvalue weighted by Gasteiger charge is -2.39. The molecular weight excluding hydrogens is 394 g/mol. The van der Waals surface area contributed by atoms with Crippen LogP contribution in [0, 0.1) is 11.6 Å². The van der Waals surface area contributed by atoms with Crippen molar-refractivity contribution in [3.63, 3.8) is 0 Å². The van der Waals surface area contributed by atoms with Gasteiger partial charge >= 0.3 is 0 Å². The minimum Gasteiger partial charge on any atom is -0.370 e. The van der Waals surface area contributed by atoms with Crippen molar-refractivity contribution in [3.05, 3.63) is 53.4 Å². The number of ether oxygens (including phenoxy) is 2. The van der Waals surface area contributed by atoms with E-state index in [2.05, 4.69) is 15.3 Å². The Kier molecular flexibility index (Phi) is 6.12. The molecule has 2 fully saturated rings. The summed E-state index contributed by atoms with van der Waals surface area (Å²) in [6.07, 6.45) is 3.72. The van der Waals surface area contributed by atoms with Gasteiger partial charge < -0.3 is 14.8 Å². The molecule has 2 aromatic rings. The Labute approximate surface area is 173 Å². The van der Waals surface area contributed by atoms with Crippen LogP contribution in [0.5, 0.6) is 0 Å². The van der Waals surface area contributed by atoms with Crippen molar-refractivity contribution in [3.8, 4) is 0 Å². The SMILES string of the molecule is CCn1cc(CN2CCO[C@@]3(CO[C@H](C(=O)NCc4cc(F)cc(F)c4)C3)C2)cn1. The molecule has 0 radical (unpaired) electrons. The minimum atomic E-state index is -0.671. The first-order chi connectivity index (χ1) is 14.4. The maximum Gasteiger partial charge on any atom is 0.249 e. The first-order valence-electron chi connectivity index (χ1n) is 10.2. The van der Waals surface area contributed by atoms with E-state index in [9.17, 15) is 13.6 Å². The van der Waals surface area contributed by atoms with Crippen LogP contribution >= 0.6 is 0 Å². The molecule has 1 N–H and O–H groups in total. The summed E-state index contributed by atoms with van der Waals surface area (Å²) in [7, 11) is 0. The topological polar surface area (TPSA) is 68.6 Å². The summed E-state index contributed by atoms with van der Waals surface area (Å²) in [6.45, 7) is 6.07. The van der Waals surface area contributed by atoms with Crippen LogP contribution in [0.2, 0.25) is 0 Å². The zero-order valence-corrected chi connectivity index (χ0v) is 16.9. The minimum absolute atomic E-state index is 0.0365. The number of hydrogen-bond donors (Lipinski definition) is 1. The van der Waals surface area contributed by atoms with Crippen LogP contribution in [0.3, 0.4) is 0 Å². The zero-order chi connectivity index (χ0) is 21.1. The number of aromatic nitrogens is 2. The van der Waals surface area contributed by atoms with Gasteiger partial charge in [-0.05, 0) is 24.6 Å². The number of morpholine rings is 1. The van der Waals surface area contributed by atoms with Crippen LogP contribution in [0.25, 0.3) is 0 Å². The predicted octanol–water partition coefficient (Wildman–Crippen LogP) is 1.86. The van der Waals surface area contributed by atoms with Gasteiger partial charge in [-0.25, -0.2) is 8.78 Å². The van der Waals surface area contributed by atoms with Crippen LogP contribution in [-0.4, -0.2) is 58.6 Å². The molecule has 30 heavy (non-hydrogen) atoms. The highest BCUT2D eigenvalue weighted by molar-refractivity contribution is 5.81. The fourth-order valence-corrected chi connectivity index (χ4v) is 4.08. The standard InChI is InChI=1S/C21H26F2N4O3/c1-2-27-12-16(10-25-27)11-26-3-4-30-21(13-26)8-19(29-14-21)20(28)24-9-15-5-17(22)7-18(23)6-15/h5-7,10,12,19H,2-4,8-9,11,13-14H2,1H3,(H,24,28)/t19-,21+/m0/s1. The fraction of sp³-hybridized carbons (Fsp3) is 0.524. The highest BCUT2D eigenvalue weighted by Crippen LogP contribution is 2.32. The largest absolute Gasteiger partial charge is 0.370 e. The van der Waals surface area contributed by atoms with Gasteiger partial charge in [0.1, 0.15) is 23.3 Å². The molecule has 162 valence electrons. The highest BCUT2D eigenvalue weighted by atomic mass is 19.1. The Hall–Kier alpha value is -2.36. The third-order valence-electron chi connectivity index (χ3n) is 5.53. The van der Waals surface area contributed by atoms with Gasteiger partial charge in [0.2, 0.25) is 5.91 Å². The van der Waals surface area contributed by atoms with Crippen LogP contribution < -0.4 is 5.32 Å². The molecular formula is C21H26F2N4O3. The number of rotatable bonds is 6. The summed E-state index contributed by atoms with van der Waals surface area (Å²) in [5, 5.41) is 7.02. The fourth-order valence-electron chi connectivity index (χ4n) is 4.08. The summed E-state index contributed by atoms with van der Waals surface area (Å²) < 4.78 is 40.3. The molecule has 0 saturated carbocycles. The number of benzene rings is 1. The van der Waals surface area contributed by atoms with Crippen molar-refractivity contribution in [2.45, 2.75) is 44.7 Å². The van der Waals surface area contributed by atoms with E-state index in [0.717, 1.165) is 31.3 Å². The van der Waals surface area contributed by atoms with Crippen molar-refractivity contribution < 1.29 is 23.0 Å². The quantitative estimate of drug-likeness (QED) is 0.773. The van der Waals surface area contributed by atoms with Gasteiger partial charge in [0.15, 0.2) is 0 Å². The van der Waals surface area contributed by atoms with Gasteiger partial charge in [-0.1, -0.05) is 0 Å². The average molecular weight is 420 g/mol. The lowest BCUT2D eigenvalue weighted by atomic mass is 9.97. The van der Waals surface area contributed by atoms with E-state index < -0.39 is 23.3 Å². The van der Waals surface area contributed by atoms with E-state index in [1.807, 2.05) is 24.0 Å². The first kappa shape index (κ1) is 20.9. The molecule has 0 bridgehead atoms. The Morgan fingerprint density at radius 3 is 2.83 bits per heavy atom. The second-order valence-corrected chi connectivity index (χ2v) is 7.95. The Balaban J connectivity index is 1.31. The molecule has 1 amide bonds. The van der Waals surface area contributed by atoms with Gasteiger partial charge in [-0.3, -0.25) is 14.4 Å². The molecule has 7 nitrogen and oxygen atoms in total. The van der Waals surface area contributed by atoms with Crippen molar-refractivity contribution in [2.24, 2.45) is 0 Å².